The Labute approximate surface area is 123 Å². The van der Waals surface area contributed by atoms with Crippen LogP contribution in [-0.4, -0.2) is 19.1 Å². The highest BCUT2D eigenvalue weighted by molar-refractivity contribution is 5.47. The Kier molecular flexibility index (Phi) is 4.62. The van der Waals surface area contributed by atoms with Crippen LogP contribution in [0.3, 0.4) is 0 Å². The van der Waals surface area contributed by atoms with Crippen LogP contribution in [0.25, 0.3) is 0 Å². The highest BCUT2D eigenvalue weighted by atomic mass is 15.1. The average molecular weight is 272 g/mol. The first-order valence-electron chi connectivity index (χ1n) is 8.40. The first kappa shape index (κ1) is 13.9. The third kappa shape index (κ3) is 3.35. The summed E-state index contributed by atoms with van der Waals surface area (Å²) in [6, 6.07) is 9.87. The van der Waals surface area contributed by atoms with Crippen molar-refractivity contribution < 1.29 is 0 Å². The monoisotopic (exact) mass is 272 g/mol. The van der Waals surface area contributed by atoms with Gasteiger partial charge in [0.05, 0.1) is 0 Å². The van der Waals surface area contributed by atoms with Crippen LogP contribution in [0.4, 0.5) is 5.69 Å². The molecule has 2 fully saturated rings. The molecule has 20 heavy (non-hydrogen) atoms. The summed E-state index contributed by atoms with van der Waals surface area (Å²) in [6.45, 7) is 5.82. The maximum atomic E-state index is 3.69. The van der Waals surface area contributed by atoms with Crippen molar-refractivity contribution in [1.29, 1.82) is 0 Å². The molecule has 110 valence electrons. The van der Waals surface area contributed by atoms with Crippen LogP contribution in [0, 0.1) is 5.92 Å². The van der Waals surface area contributed by atoms with E-state index in [-0.39, 0.29) is 0 Å². The van der Waals surface area contributed by atoms with Crippen LogP contribution in [0.5, 0.6) is 0 Å². The predicted molar refractivity (Wildman–Crippen MR) is 86.1 cm³/mol. The third-order valence-electron chi connectivity index (χ3n) is 5.14. The van der Waals surface area contributed by atoms with E-state index in [1.54, 1.807) is 0 Å². The fourth-order valence-corrected chi connectivity index (χ4v) is 3.36. The number of nitrogens with zero attached hydrogens (tertiary/aromatic N) is 1. The lowest BCUT2D eigenvalue weighted by Crippen LogP contribution is -2.36. The normalized spacial score (nSPS) is 21.6. The minimum atomic E-state index is 0.672. The highest BCUT2D eigenvalue weighted by Gasteiger charge is 2.23. The van der Waals surface area contributed by atoms with Gasteiger partial charge in [0.2, 0.25) is 0 Å². The van der Waals surface area contributed by atoms with E-state index in [1.165, 1.54) is 62.9 Å². The topological polar surface area (TPSA) is 15.3 Å². The number of benzene rings is 1. The predicted octanol–water partition coefficient (Wildman–Crippen LogP) is 3.96. The zero-order valence-electron chi connectivity index (χ0n) is 12.8. The molecule has 0 bridgehead atoms. The first-order valence-corrected chi connectivity index (χ1v) is 8.40. The number of hydrogen-bond donors (Lipinski definition) is 1. The SMILES string of the molecule is CC(NCc1ccc(N2CCCCC2)cc1)C1CCC1. The molecule has 0 aromatic heterocycles. The number of piperidine rings is 1. The molecular weight excluding hydrogens is 244 g/mol. The Balaban J connectivity index is 1.50. The van der Waals surface area contributed by atoms with Gasteiger partial charge >= 0.3 is 0 Å². The molecule has 2 nitrogen and oxygen atoms in total. The van der Waals surface area contributed by atoms with E-state index in [4.69, 9.17) is 0 Å². The summed E-state index contributed by atoms with van der Waals surface area (Å²) >= 11 is 0. The molecule has 2 heteroatoms. The van der Waals surface area contributed by atoms with Crippen molar-refractivity contribution in [2.45, 2.75) is 58.0 Å². The maximum Gasteiger partial charge on any atom is 0.0366 e. The molecule has 1 aromatic rings. The van der Waals surface area contributed by atoms with Crippen molar-refractivity contribution in [3.05, 3.63) is 29.8 Å². The van der Waals surface area contributed by atoms with Gasteiger partial charge in [-0.25, -0.2) is 0 Å². The van der Waals surface area contributed by atoms with E-state index in [2.05, 4.69) is 41.4 Å². The van der Waals surface area contributed by atoms with Gasteiger partial charge in [-0.3, -0.25) is 0 Å². The van der Waals surface area contributed by atoms with E-state index < -0.39 is 0 Å². The van der Waals surface area contributed by atoms with Crippen LogP contribution < -0.4 is 10.2 Å². The molecule has 1 aliphatic carbocycles. The van der Waals surface area contributed by atoms with Crippen molar-refractivity contribution in [2.75, 3.05) is 18.0 Å². The van der Waals surface area contributed by atoms with Crippen LogP contribution in [0.15, 0.2) is 24.3 Å². The Hall–Kier alpha value is -1.02. The minimum Gasteiger partial charge on any atom is -0.372 e. The van der Waals surface area contributed by atoms with Crippen LogP contribution in [0.1, 0.15) is 51.0 Å². The molecule has 1 aliphatic heterocycles. The zero-order valence-corrected chi connectivity index (χ0v) is 12.8. The Morgan fingerprint density at radius 3 is 2.35 bits per heavy atom. The summed E-state index contributed by atoms with van der Waals surface area (Å²) in [6.07, 6.45) is 8.37. The standard InChI is InChI=1S/C18H28N2/c1-15(17-6-5-7-17)19-14-16-8-10-18(11-9-16)20-12-3-2-4-13-20/h8-11,15,17,19H,2-7,12-14H2,1H3. The van der Waals surface area contributed by atoms with E-state index in [1.807, 2.05) is 0 Å². The Morgan fingerprint density at radius 1 is 1.05 bits per heavy atom. The molecule has 1 heterocycles. The second-order valence-electron chi connectivity index (χ2n) is 6.57. The van der Waals surface area contributed by atoms with Gasteiger partial charge < -0.3 is 10.2 Å². The molecule has 0 radical (unpaired) electrons. The molecule has 0 spiro atoms. The maximum absolute atomic E-state index is 3.69. The first-order chi connectivity index (χ1) is 9.83. The van der Waals surface area contributed by atoms with Crippen LogP contribution >= 0.6 is 0 Å². The Bertz CT molecular complexity index is 402. The third-order valence-corrected chi connectivity index (χ3v) is 5.14. The van der Waals surface area contributed by atoms with Gasteiger partial charge in [0.15, 0.2) is 0 Å². The molecule has 3 rings (SSSR count). The van der Waals surface area contributed by atoms with E-state index in [9.17, 15) is 0 Å². The van der Waals surface area contributed by atoms with Crippen molar-refractivity contribution in [1.82, 2.24) is 5.32 Å². The van der Waals surface area contributed by atoms with Gasteiger partial charge in [-0.2, -0.15) is 0 Å². The number of anilines is 1. The molecule has 2 aliphatic rings. The van der Waals surface area contributed by atoms with Crippen molar-refractivity contribution in [2.24, 2.45) is 5.92 Å². The number of nitrogens with one attached hydrogen (secondary N) is 1. The van der Waals surface area contributed by atoms with Gasteiger partial charge in [0.1, 0.15) is 0 Å². The smallest absolute Gasteiger partial charge is 0.0366 e. The fraction of sp³-hybridized carbons (Fsp3) is 0.667. The molecule has 1 N–H and O–H groups in total. The summed E-state index contributed by atoms with van der Waals surface area (Å²) in [4.78, 5) is 2.53. The van der Waals surface area contributed by atoms with Crippen LogP contribution in [0.2, 0.25) is 0 Å². The van der Waals surface area contributed by atoms with E-state index in [0.717, 1.165) is 12.5 Å². The van der Waals surface area contributed by atoms with Crippen molar-refractivity contribution in [3.63, 3.8) is 0 Å². The highest BCUT2D eigenvalue weighted by Crippen LogP contribution is 2.29. The lowest BCUT2D eigenvalue weighted by molar-refractivity contribution is 0.240. The van der Waals surface area contributed by atoms with Crippen molar-refractivity contribution in [3.8, 4) is 0 Å². The lowest BCUT2D eigenvalue weighted by atomic mass is 9.80. The van der Waals surface area contributed by atoms with E-state index in [0.29, 0.717) is 6.04 Å². The van der Waals surface area contributed by atoms with Gasteiger partial charge in [-0.15, -0.1) is 0 Å². The molecule has 1 atom stereocenters. The molecule has 0 amide bonds. The van der Waals surface area contributed by atoms with E-state index >= 15 is 0 Å². The van der Waals surface area contributed by atoms with Gasteiger partial charge in [-0.1, -0.05) is 18.6 Å². The Morgan fingerprint density at radius 2 is 1.75 bits per heavy atom. The molecule has 1 aromatic carbocycles. The number of hydrogen-bond acceptors (Lipinski definition) is 2. The number of rotatable bonds is 5. The molecular formula is C18H28N2. The largest absolute Gasteiger partial charge is 0.372 e. The fourth-order valence-electron chi connectivity index (χ4n) is 3.36. The average Bonchev–Trinajstić information content (AvgIpc) is 2.45. The molecule has 1 saturated carbocycles. The van der Waals surface area contributed by atoms with Gasteiger partial charge in [0.25, 0.3) is 0 Å². The molecule has 1 saturated heterocycles. The summed E-state index contributed by atoms with van der Waals surface area (Å²) in [7, 11) is 0. The van der Waals surface area contributed by atoms with Gasteiger partial charge in [0, 0.05) is 31.4 Å². The zero-order chi connectivity index (χ0) is 13.8. The summed E-state index contributed by atoms with van der Waals surface area (Å²) in [5.74, 6) is 0.919. The van der Waals surface area contributed by atoms with Gasteiger partial charge in [-0.05, 0) is 62.6 Å². The summed E-state index contributed by atoms with van der Waals surface area (Å²) in [5, 5.41) is 3.69. The summed E-state index contributed by atoms with van der Waals surface area (Å²) < 4.78 is 0. The quantitative estimate of drug-likeness (QED) is 0.873. The lowest BCUT2D eigenvalue weighted by Gasteiger charge is -2.32. The second kappa shape index (κ2) is 6.62. The minimum absolute atomic E-state index is 0.672. The second-order valence-corrected chi connectivity index (χ2v) is 6.57. The van der Waals surface area contributed by atoms with Crippen LogP contribution in [-0.2, 0) is 6.54 Å². The summed E-state index contributed by atoms with van der Waals surface area (Å²) in [5.41, 5.74) is 2.82. The van der Waals surface area contributed by atoms with Crippen molar-refractivity contribution >= 4 is 5.69 Å². The molecule has 1 unspecified atom stereocenters.